The Balaban J connectivity index is 1.69. The SMILES string of the molecule is Cn1c(Cl)cnc1COc1ccc(Cl)cc1CNC1CC1. The molecule has 112 valence electrons. The molecule has 0 atom stereocenters. The number of halogens is 2. The van der Waals surface area contributed by atoms with Gasteiger partial charge in [-0.2, -0.15) is 0 Å². The first-order valence-electron chi connectivity index (χ1n) is 6.94. The minimum atomic E-state index is 0.376. The predicted octanol–water partition coefficient (Wildman–Crippen LogP) is 3.56. The van der Waals surface area contributed by atoms with Crippen molar-refractivity contribution < 1.29 is 4.74 Å². The van der Waals surface area contributed by atoms with Gasteiger partial charge in [-0.05, 0) is 31.0 Å². The van der Waals surface area contributed by atoms with Crippen LogP contribution in [0.2, 0.25) is 10.2 Å². The van der Waals surface area contributed by atoms with E-state index >= 15 is 0 Å². The number of rotatable bonds is 6. The monoisotopic (exact) mass is 325 g/mol. The Morgan fingerprint density at radius 1 is 1.38 bits per heavy atom. The van der Waals surface area contributed by atoms with E-state index in [2.05, 4.69) is 10.3 Å². The van der Waals surface area contributed by atoms with Crippen LogP contribution < -0.4 is 10.1 Å². The van der Waals surface area contributed by atoms with E-state index in [4.69, 9.17) is 27.9 Å². The van der Waals surface area contributed by atoms with Crippen molar-refractivity contribution in [3.63, 3.8) is 0 Å². The highest BCUT2D eigenvalue weighted by atomic mass is 35.5. The van der Waals surface area contributed by atoms with Crippen LogP contribution >= 0.6 is 23.2 Å². The fraction of sp³-hybridized carbons (Fsp3) is 0.400. The molecule has 1 saturated carbocycles. The van der Waals surface area contributed by atoms with Crippen LogP contribution in [-0.4, -0.2) is 15.6 Å². The molecule has 6 heteroatoms. The third-order valence-electron chi connectivity index (χ3n) is 3.57. The van der Waals surface area contributed by atoms with E-state index in [0.29, 0.717) is 17.8 Å². The van der Waals surface area contributed by atoms with E-state index in [0.717, 1.165) is 28.7 Å². The Kier molecular flexibility index (Phi) is 4.38. The van der Waals surface area contributed by atoms with Gasteiger partial charge in [-0.3, -0.25) is 0 Å². The molecule has 2 aromatic rings. The number of hydrogen-bond donors (Lipinski definition) is 1. The maximum absolute atomic E-state index is 6.08. The molecule has 0 aliphatic heterocycles. The summed E-state index contributed by atoms with van der Waals surface area (Å²) in [5, 5.41) is 4.79. The smallest absolute Gasteiger partial charge is 0.147 e. The highest BCUT2D eigenvalue weighted by Crippen LogP contribution is 2.26. The van der Waals surface area contributed by atoms with Gasteiger partial charge in [0.2, 0.25) is 0 Å². The van der Waals surface area contributed by atoms with Gasteiger partial charge in [0.15, 0.2) is 0 Å². The molecular weight excluding hydrogens is 309 g/mol. The normalized spacial score (nSPS) is 14.4. The molecule has 1 aliphatic carbocycles. The van der Waals surface area contributed by atoms with Crippen LogP contribution in [0.15, 0.2) is 24.4 Å². The summed E-state index contributed by atoms with van der Waals surface area (Å²) in [6, 6.07) is 6.32. The van der Waals surface area contributed by atoms with Crippen LogP contribution in [0, 0.1) is 0 Å². The number of hydrogen-bond acceptors (Lipinski definition) is 3. The lowest BCUT2D eigenvalue weighted by atomic mass is 10.2. The van der Waals surface area contributed by atoms with E-state index in [1.165, 1.54) is 12.8 Å². The number of ether oxygens (including phenoxy) is 1. The number of benzene rings is 1. The topological polar surface area (TPSA) is 39.1 Å². The second-order valence-electron chi connectivity index (χ2n) is 5.25. The average Bonchev–Trinajstić information content (AvgIpc) is 3.24. The molecule has 1 aromatic heterocycles. The summed E-state index contributed by atoms with van der Waals surface area (Å²) < 4.78 is 7.69. The lowest BCUT2D eigenvalue weighted by molar-refractivity contribution is 0.288. The molecule has 1 N–H and O–H groups in total. The minimum absolute atomic E-state index is 0.376. The van der Waals surface area contributed by atoms with Crippen molar-refractivity contribution in [2.45, 2.75) is 32.0 Å². The van der Waals surface area contributed by atoms with Crippen molar-refractivity contribution >= 4 is 23.2 Å². The second-order valence-corrected chi connectivity index (χ2v) is 6.08. The molecule has 1 heterocycles. The fourth-order valence-electron chi connectivity index (χ4n) is 2.07. The van der Waals surface area contributed by atoms with Gasteiger partial charge >= 0.3 is 0 Å². The summed E-state index contributed by atoms with van der Waals surface area (Å²) in [4.78, 5) is 4.23. The summed E-state index contributed by atoms with van der Waals surface area (Å²) in [6.07, 6.45) is 4.13. The summed E-state index contributed by atoms with van der Waals surface area (Å²) in [5.41, 5.74) is 1.06. The zero-order valence-electron chi connectivity index (χ0n) is 11.8. The third kappa shape index (κ3) is 3.70. The van der Waals surface area contributed by atoms with Crippen LogP contribution in [-0.2, 0) is 20.2 Å². The second kappa shape index (κ2) is 6.26. The lowest BCUT2D eigenvalue weighted by Crippen LogP contribution is -2.16. The van der Waals surface area contributed by atoms with Gasteiger partial charge in [-0.15, -0.1) is 0 Å². The van der Waals surface area contributed by atoms with Crippen molar-refractivity contribution in [2.75, 3.05) is 0 Å². The molecule has 0 amide bonds. The molecule has 1 fully saturated rings. The molecule has 3 rings (SSSR count). The summed E-state index contributed by atoms with van der Waals surface area (Å²) >= 11 is 12.0. The van der Waals surface area contributed by atoms with Gasteiger partial charge in [0.1, 0.15) is 23.3 Å². The van der Waals surface area contributed by atoms with Crippen LogP contribution in [0.1, 0.15) is 24.2 Å². The van der Waals surface area contributed by atoms with E-state index in [1.807, 2.05) is 25.2 Å². The van der Waals surface area contributed by atoms with Gasteiger partial charge in [0.25, 0.3) is 0 Å². The maximum Gasteiger partial charge on any atom is 0.147 e. The Bertz CT molecular complexity index is 638. The van der Waals surface area contributed by atoms with Crippen molar-refractivity contribution in [1.29, 1.82) is 0 Å². The summed E-state index contributed by atoms with van der Waals surface area (Å²) in [6.45, 7) is 1.14. The molecule has 0 saturated heterocycles. The van der Waals surface area contributed by atoms with Crippen molar-refractivity contribution in [1.82, 2.24) is 14.9 Å². The molecule has 21 heavy (non-hydrogen) atoms. The van der Waals surface area contributed by atoms with Gasteiger partial charge in [0, 0.05) is 30.2 Å². The van der Waals surface area contributed by atoms with Gasteiger partial charge < -0.3 is 14.6 Å². The number of aromatic nitrogens is 2. The molecule has 1 aliphatic rings. The van der Waals surface area contributed by atoms with Crippen LogP contribution in [0.5, 0.6) is 5.75 Å². The van der Waals surface area contributed by atoms with E-state index in [-0.39, 0.29) is 0 Å². The highest BCUT2D eigenvalue weighted by Gasteiger charge is 2.20. The Morgan fingerprint density at radius 2 is 2.19 bits per heavy atom. The molecule has 1 aromatic carbocycles. The van der Waals surface area contributed by atoms with Gasteiger partial charge in [-0.25, -0.2) is 4.98 Å². The molecule has 0 bridgehead atoms. The van der Waals surface area contributed by atoms with Crippen molar-refractivity contribution in [3.8, 4) is 5.75 Å². The van der Waals surface area contributed by atoms with Crippen LogP contribution in [0.4, 0.5) is 0 Å². The van der Waals surface area contributed by atoms with E-state index in [9.17, 15) is 0 Å². The fourth-order valence-corrected chi connectivity index (χ4v) is 2.41. The zero-order chi connectivity index (χ0) is 14.8. The van der Waals surface area contributed by atoms with Crippen LogP contribution in [0.25, 0.3) is 0 Å². The largest absolute Gasteiger partial charge is 0.485 e. The first kappa shape index (κ1) is 14.7. The molecule has 0 unspecified atom stereocenters. The maximum atomic E-state index is 6.08. The first-order chi connectivity index (χ1) is 10.1. The summed E-state index contributed by atoms with van der Waals surface area (Å²) in [7, 11) is 1.87. The van der Waals surface area contributed by atoms with E-state index in [1.54, 1.807) is 10.8 Å². The minimum Gasteiger partial charge on any atom is -0.485 e. The Hall–Kier alpha value is -1.23. The Labute approximate surface area is 134 Å². The van der Waals surface area contributed by atoms with E-state index < -0.39 is 0 Å². The number of nitrogens with one attached hydrogen (secondary N) is 1. The van der Waals surface area contributed by atoms with Crippen molar-refractivity contribution in [2.24, 2.45) is 7.05 Å². The van der Waals surface area contributed by atoms with Crippen LogP contribution in [0.3, 0.4) is 0 Å². The summed E-state index contributed by atoms with van der Waals surface area (Å²) in [5.74, 6) is 1.61. The van der Waals surface area contributed by atoms with Gasteiger partial charge in [-0.1, -0.05) is 23.2 Å². The third-order valence-corrected chi connectivity index (χ3v) is 4.15. The quantitative estimate of drug-likeness (QED) is 0.882. The first-order valence-corrected chi connectivity index (χ1v) is 7.70. The molecule has 0 spiro atoms. The molecule has 0 radical (unpaired) electrons. The number of imidazole rings is 1. The average molecular weight is 326 g/mol. The highest BCUT2D eigenvalue weighted by molar-refractivity contribution is 6.30. The lowest BCUT2D eigenvalue weighted by Gasteiger charge is -2.12. The van der Waals surface area contributed by atoms with Gasteiger partial charge in [0.05, 0.1) is 6.20 Å². The molecule has 4 nitrogen and oxygen atoms in total. The zero-order valence-corrected chi connectivity index (χ0v) is 13.3. The number of nitrogens with zero attached hydrogens (tertiary/aromatic N) is 2. The molecular formula is C15H17Cl2N3O. The van der Waals surface area contributed by atoms with Crippen molar-refractivity contribution in [3.05, 3.63) is 46.0 Å². The predicted molar refractivity (Wildman–Crippen MR) is 83.9 cm³/mol. The standard InChI is InChI=1S/C15H17Cl2N3O/c1-20-14(17)8-19-15(20)9-21-13-5-2-11(16)6-10(13)7-18-12-3-4-12/h2,5-6,8,12,18H,3-4,7,9H2,1H3. The Morgan fingerprint density at radius 3 is 2.86 bits per heavy atom.